The van der Waals surface area contributed by atoms with Crippen molar-refractivity contribution in [3.63, 3.8) is 0 Å². The molecule has 1 heterocycles. The summed E-state index contributed by atoms with van der Waals surface area (Å²) in [6.07, 6.45) is 1.07. The summed E-state index contributed by atoms with van der Waals surface area (Å²) in [6, 6.07) is 1.98. The molecular formula is C12H23IN4O. The van der Waals surface area contributed by atoms with Crippen LogP contribution in [0.1, 0.15) is 44.6 Å². The quantitative estimate of drug-likeness (QED) is 0.478. The molecule has 0 aliphatic heterocycles. The minimum absolute atomic E-state index is 0. The van der Waals surface area contributed by atoms with E-state index in [0.717, 1.165) is 30.4 Å². The molecule has 0 aliphatic rings. The third-order valence-corrected chi connectivity index (χ3v) is 2.36. The Labute approximate surface area is 126 Å². The fourth-order valence-electron chi connectivity index (χ4n) is 1.32. The first-order valence-corrected chi connectivity index (χ1v) is 6.07. The van der Waals surface area contributed by atoms with Gasteiger partial charge in [-0.25, -0.2) is 0 Å². The van der Waals surface area contributed by atoms with Gasteiger partial charge in [0.2, 0.25) is 0 Å². The van der Waals surface area contributed by atoms with Gasteiger partial charge < -0.3 is 15.2 Å². The highest BCUT2D eigenvalue weighted by Crippen LogP contribution is 2.13. The summed E-state index contributed by atoms with van der Waals surface area (Å²) in [5, 5.41) is 10.4. The van der Waals surface area contributed by atoms with Crippen molar-refractivity contribution in [2.75, 3.05) is 13.6 Å². The highest BCUT2D eigenvalue weighted by atomic mass is 127. The second-order valence-corrected chi connectivity index (χ2v) is 4.23. The molecule has 2 N–H and O–H groups in total. The summed E-state index contributed by atoms with van der Waals surface area (Å²) >= 11 is 0. The maximum Gasteiger partial charge on any atom is 0.191 e. The third-order valence-electron chi connectivity index (χ3n) is 2.36. The van der Waals surface area contributed by atoms with E-state index in [9.17, 15) is 0 Å². The summed E-state index contributed by atoms with van der Waals surface area (Å²) in [5.41, 5.74) is 0.985. The molecule has 0 aliphatic carbocycles. The van der Waals surface area contributed by atoms with Crippen LogP contribution in [0.25, 0.3) is 0 Å². The highest BCUT2D eigenvalue weighted by molar-refractivity contribution is 14.0. The van der Waals surface area contributed by atoms with Crippen molar-refractivity contribution in [3.8, 4) is 0 Å². The van der Waals surface area contributed by atoms with E-state index in [4.69, 9.17) is 4.52 Å². The van der Waals surface area contributed by atoms with Crippen LogP contribution in [0.2, 0.25) is 0 Å². The topological polar surface area (TPSA) is 62.5 Å². The van der Waals surface area contributed by atoms with Gasteiger partial charge in [0, 0.05) is 19.7 Å². The third kappa shape index (κ3) is 5.70. The number of halogens is 1. The standard InChI is InChI=1S/C12H22N4O.HI/c1-5-6-14-12(13-4)15-8-10-7-11(9(2)3)16-17-10;/h7,9H,5-6,8H2,1-4H3,(H2,13,14,15);1H. The average molecular weight is 366 g/mol. The van der Waals surface area contributed by atoms with Crippen LogP contribution >= 0.6 is 24.0 Å². The first-order chi connectivity index (χ1) is 8.17. The molecule has 5 nitrogen and oxygen atoms in total. The molecule has 0 bridgehead atoms. The molecule has 0 unspecified atom stereocenters. The van der Waals surface area contributed by atoms with Crippen LogP contribution < -0.4 is 10.6 Å². The van der Waals surface area contributed by atoms with Crippen molar-refractivity contribution in [1.82, 2.24) is 15.8 Å². The smallest absolute Gasteiger partial charge is 0.191 e. The van der Waals surface area contributed by atoms with Crippen molar-refractivity contribution >= 4 is 29.9 Å². The van der Waals surface area contributed by atoms with E-state index in [2.05, 4.69) is 41.6 Å². The van der Waals surface area contributed by atoms with Crippen LogP contribution in [0.15, 0.2) is 15.6 Å². The molecule has 1 aromatic rings. The lowest BCUT2D eigenvalue weighted by molar-refractivity contribution is 0.372. The molecule has 0 spiro atoms. The van der Waals surface area contributed by atoms with Crippen molar-refractivity contribution in [2.45, 2.75) is 39.7 Å². The predicted molar refractivity (Wildman–Crippen MR) is 84.5 cm³/mol. The average Bonchev–Trinajstić information content (AvgIpc) is 2.78. The summed E-state index contributed by atoms with van der Waals surface area (Å²) in [5.74, 6) is 2.01. The van der Waals surface area contributed by atoms with Gasteiger partial charge in [0.05, 0.1) is 12.2 Å². The zero-order valence-electron chi connectivity index (χ0n) is 11.5. The monoisotopic (exact) mass is 366 g/mol. The van der Waals surface area contributed by atoms with Crippen LogP contribution in [0.3, 0.4) is 0 Å². The van der Waals surface area contributed by atoms with Crippen molar-refractivity contribution < 1.29 is 4.52 Å². The molecule has 6 heteroatoms. The molecule has 0 saturated carbocycles. The Morgan fingerprint density at radius 3 is 2.67 bits per heavy atom. The van der Waals surface area contributed by atoms with Gasteiger partial charge >= 0.3 is 0 Å². The predicted octanol–water partition coefficient (Wildman–Crippen LogP) is 2.49. The molecule has 0 atom stereocenters. The van der Waals surface area contributed by atoms with E-state index < -0.39 is 0 Å². The van der Waals surface area contributed by atoms with Crippen LogP contribution in [-0.2, 0) is 6.54 Å². The number of aromatic nitrogens is 1. The molecule has 0 saturated heterocycles. The zero-order chi connectivity index (χ0) is 12.7. The Bertz CT molecular complexity index is 363. The Balaban J connectivity index is 0.00000289. The maximum atomic E-state index is 5.23. The molecule has 1 aromatic heterocycles. The number of nitrogens with one attached hydrogen (secondary N) is 2. The molecule has 0 amide bonds. The van der Waals surface area contributed by atoms with Crippen LogP contribution in [0, 0.1) is 0 Å². The van der Waals surface area contributed by atoms with Gasteiger partial charge in [-0.15, -0.1) is 24.0 Å². The van der Waals surface area contributed by atoms with Crippen LogP contribution in [-0.4, -0.2) is 24.7 Å². The van der Waals surface area contributed by atoms with Gasteiger partial charge in [-0.3, -0.25) is 4.99 Å². The minimum atomic E-state index is 0. The van der Waals surface area contributed by atoms with Crippen molar-refractivity contribution in [3.05, 3.63) is 17.5 Å². The summed E-state index contributed by atoms with van der Waals surface area (Å²) in [7, 11) is 1.75. The molecular weight excluding hydrogens is 343 g/mol. The second kappa shape index (κ2) is 9.18. The maximum absolute atomic E-state index is 5.23. The SMILES string of the molecule is CCCNC(=NC)NCc1cc(C(C)C)no1.I. The second-order valence-electron chi connectivity index (χ2n) is 4.23. The van der Waals surface area contributed by atoms with Crippen LogP contribution in [0.5, 0.6) is 0 Å². The number of nitrogens with zero attached hydrogens (tertiary/aromatic N) is 2. The Morgan fingerprint density at radius 1 is 1.44 bits per heavy atom. The number of rotatable bonds is 5. The number of hydrogen-bond acceptors (Lipinski definition) is 3. The normalized spacial score (nSPS) is 11.3. The van der Waals surface area contributed by atoms with E-state index in [1.807, 2.05) is 6.07 Å². The van der Waals surface area contributed by atoms with Gasteiger partial charge in [-0.05, 0) is 12.3 Å². The lowest BCUT2D eigenvalue weighted by atomic mass is 10.1. The first kappa shape index (κ1) is 17.2. The van der Waals surface area contributed by atoms with E-state index in [0.29, 0.717) is 12.5 Å². The lowest BCUT2D eigenvalue weighted by Crippen LogP contribution is -2.37. The number of guanidine groups is 1. The molecule has 0 aromatic carbocycles. The minimum Gasteiger partial charge on any atom is -0.359 e. The summed E-state index contributed by atoms with van der Waals surface area (Å²) in [6.45, 7) is 7.82. The Hall–Kier alpha value is -0.790. The lowest BCUT2D eigenvalue weighted by Gasteiger charge is -2.08. The molecule has 0 fully saturated rings. The van der Waals surface area contributed by atoms with Crippen molar-refractivity contribution in [1.29, 1.82) is 0 Å². The first-order valence-electron chi connectivity index (χ1n) is 6.07. The van der Waals surface area contributed by atoms with E-state index in [1.54, 1.807) is 7.05 Å². The van der Waals surface area contributed by atoms with E-state index >= 15 is 0 Å². The number of hydrogen-bond donors (Lipinski definition) is 2. The molecule has 18 heavy (non-hydrogen) atoms. The van der Waals surface area contributed by atoms with Crippen molar-refractivity contribution in [2.24, 2.45) is 4.99 Å². The van der Waals surface area contributed by atoms with Gasteiger partial charge in [0.15, 0.2) is 11.7 Å². The zero-order valence-corrected chi connectivity index (χ0v) is 13.8. The van der Waals surface area contributed by atoms with Gasteiger partial charge in [0.1, 0.15) is 0 Å². The summed E-state index contributed by atoms with van der Waals surface area (Å²) in [4.78, 5) is 4.11. The fraction of sp³-hybridized carbons (Fsp3) is 0.667. The highest BCUT2D eigenvalue weighted by Gasteiger charge is 2.07. The van der Waals surface area contributed by atoms with Gasteiger partial charge in [-0.2, -0.15) is 0 Å². The number of aliphatic imine (C=N–C) groups is 1. The van der Waals surface area contributed by atoms with Gasteiger partial charge in [-0.1, -0.05) is 25.9 Å². The Kier molecular flexibility index (Phi) is 8.78. The van der Waals surface area contributed by atoms with Crippen LogP contribution in [0.4, 0.5) is 0 Å². The molecule has 0 radical (unpaired) electrons. The molecule has 104 valence electrons. The molecule has 1 rings (SSSR count). The fourth-order valence-corrected chi connectivity index (χ4v) is 1.32. The summed E-state index contributed by atoms with van der Waals surface area (Å²) < 4.78 is 5.23. The Morgan fingerprint density at radius 2 is 2.17 bits per heavy atom. The largest absolute Gasteiger partial charge is 0.359 e. The van der Waals surface area contributed by atoms with E-state index in [-0.39, 0.29) is 24.0 Å². The van der Waals surface area contributed by atoms with Gasteiger partial charge in [0.25, 0.3) is 0 Å². The van der Waals surface area contributed by atoms with E-state index in [1.165, 1.54) is 0 Å².